The zero-order chi connectivity index (χ0) is 22.0. The molecule has 8 nitrogen and oxygen atoms in total. The summed E-state index contributed by atoms with van der Waals surface area (Å²) < 4.78 is 10.6. The molecule has 1 unspecified atom stereocenters. The topological polar surface area (TPSA) is 106 Å². The lowest BCUT2D eigenvalue weighted by atomic mass is 10.1. The molecule has 8 heteroatoms. The summed E-state index contributed by atoms with van der Waals surface area (Å²) >= 11 is 0. The van der Waals surface area contributed by atoms with Crippen molar-refractivity contribution in [3.63, 3.8) is 0 Å². The fourth-order valence-electron chi connectivity index (χ4n) is 2.94. The maximum Gasteiger partial charge on any atom is 0.407 e. The van der Waals surface area contributed by atoms with E-state index in [1.807, 2.05) is 30.3 Å². The minimum absolute atomic E-state index is 0.0651. The normalized spacial score (nSPS) is 11.7. The number of rotatable bonds is 15. The average molecular weight is 423 g/mol. The molecule has 0 spiro atoms. The molecule has 2 amide bonds. The van der Waals surface area contributed by atoms with Gasteiger partial charge in [0.1, 0.15) is 13.2 Å². The summed E-state index contributed by atoms with van der Waals surface area (Å²) in [6, 6.07) is 9.85. The largest absolute Gasteiger partial charge is 0.448 e. The van der Waals surface area contributed by atoms with Gasteiger partial charge in [-0.05, 0) is 18.4 Å². The quantitative estimate of drug-likeness (QED) is 0.375. The average Bonchev–Trinajstić information content (AvgIpc) is 2.75. The monoisotopic (exact) mass is 422 g/mol. The van der Waals surface area contributed by atoms with Crippen LogP contribution in [-0.4, -0.2) is 63.0 Å². The Labute approximate surface area is 180 Å². The summed E-state index contributed by atoms with van der Waals surface area (Å²) in [5.74, 6) is 0. The molecule has 0 aliphatic heterocycles. The number of benzene rings is 1. The fraction of sp³-hybridized carbons (Fsp3) is 0.636. The van der Waals surface area contributed by atoms with E-state index in [0.29, 0.717) is 32.7 Å². The summed E-state index contributed by atoms with van der Waals surface area (Å²) in [5, 5.41) is 5.47. The molecular formula is C22H38N4O4. The summed E-state index contributed by atoms with van der Waals surface area (Å²) in [6.07, 6.45) is 3.02. The molecule has 0 aromatic heterocycles. The number of ether oxygens (including phenoxy) is 2. The van der Waals surface area contributed by atoms with Gasteiger partial charge in [-0.1, -0.05) is 57.0 Å². The molecule has 0 saturated carbocycles. The Balaban J connectivity index is 2.58. The van der Waals surface area contributed by atoms with Crippen LogP contribution in [0.5, 0.6) is 0 Å². The van der Waals surface area contributed by atoms with Crippen LogP contribution in [0, 0.1) is 0 Å². The molecule has 0 radical (unpaired) electrons. The van der Waals surface area contributed by atoms with Gasteiger partial charge in [0.05, 0.1) is 0 Å². The van der Waals surface area contributed by atoms with E-state index in [4.69, 9.17) is 15.2 Å². The maximum atomic E-state index is 11.8. The fourth-order valence-corrected chi connectivity index (χ4v) is 2.94. The number of hydrogen-bond donors (Lipinski definition) is 3. The zero-order valence-electron chi connectivity index (χ0n) is 18.4. The number of unbranched alkanes of at least 4 members (excludes halogenated alkanes) is 2. The molecule has 0 heterocycles. The molecule has 1 aromatic rings. The first-order valence-corrected chi connectivity index (χ1v) is 10.9. The van der Waals surface area contributed by atoms with Crippen molar-refractivity contribution in [3.8, 4) is 0 Å². The molecule has 30 heavy (non-hydrogen) atoms. The highest BCUT2D eigenvalue weighted by Gasteiger charge is 2.20. The number of amides is 2. The van der Waals surface area contributed by atoms with Crippen LogP contribution in [0.25, 0.3) is 0 Å². The van der Waals surface area contributed by atoms with Crippen LogP contribution in [0.2, 0.25) is 0 Å². The van der Waals surface area contributed by atoms with Crippen LogP contribution in [0.1, 0.15) is 51.1 Å². The van der Waals surface area contributed by atoms with Gasteiger partial charge >= 0.3 is 12.2 Å². The van der Waals surface area contributed by atoms with Gasteiger partial charge in [0.15, 0.2) is 0 Å². The van der Waals surface area contributed by atoms with E-state index in [1.165, 1.54) is 0 Å². The minimum Gasteiger partial charge on any atom is -0.448 e. The van der Waals surface area contributed by atoms with E-state index in [9.17, 15) is 9.59 Å². The van der Waals surface area contributed by atoms with Crippen LogP contribution < -0.4 is 16.4 Å². The summed E-state index contributed by atoms with van der Waals surface area (Å²) in [6.45, 7) is 7.16. The lowest BCUT2D eigenvalue weighted by Crippen LogP contribution is -2.40. The molecule has 1 rings (SSSR count). The van der Waals surface area contributed by atoms with E-state index in [-0.39, 0.29) is 19.3 Å². The predicted molar refractivity (Wildman–Crippen MR) is 118 cm³/mol. The highest BCUT2D eigenvalue weighted by atomic mass is 16.6. The number of alkyl carbamates (subject to hydrolysis) is 2. The second kappa shape index (κ2) is 16.5. The van der Waals surface area contributed by atoms with Crippen molar-refractivity contribution in [1.82, 2.24) is 15.5 Å². The number of hydrogen-bond acceptors (Lipinski definition) is 6. The van der Waals surface area contributed by atoms with Gasteiger partial charge < -0.3 is 25.8 Å². The first-order valence-electron chi connectivity index (χ1n) is 10.9. The molecule has 0 aliphatic carbocycles. The second-order valence-electron chi connectivity index (χ2n) is 7.03. The van der Waals surface area contributed by atoms with Gasteiger partial charge in [0, 0.05) is 38.8 Å². The lowest BCUT2D eigenvalue weighted by Gasteiger charge is -2.31. The van der Waals surface area contributed by atoms with Gasteiger partial charge in [-0.3, -0.25) is 4.90 Å². The van der Waals surface area contributed by atoms with Gasteiger partial charge in [-0.15, -0.1) is 0 Å². The van der Waals surface area contributed by atoms with Crippen LogP contribution >= 0.6 is 0 Å². The van der Waals surface area contributed by atoms with Crippen LogP contribution in [-0.2, 0) is 9.47 Å². The molecule has 1 aromatic carbocycles. The van der Waals surface area contributed by atoms with Gasteiger partial charge in [-0.2, -0.15) is 0 Å². The Morgan fingerprint density at radius 2 is 1.43 bits per heavy atom. The molecule has 170 valence electrons. The highest BCUT2D eigenvalue weighted by Crippen LogP contribution is 2.19. The van der Waals surface area contributed by atoms with E-state index < -0.39 is 12.2 Å². The second-order valence-corrected chi connectivity index (χ2v) is 7.03. The number of nitrogens with one attached hydrogen (secondary N) is 2. The standard InChI is InChI=1S/C22H38N4O4/c1-3-5-12-24-21(27)29-16-14-26(15-17-30-22(28)25-13-6-4-2)20(18-23)19-10-8-7-9-11-19/h7-11,20H,3-6,12-18,23H2,1-2H3,(H,24,27)(H,25,28). The Morgan fingerprint density at radius 3 is 1.87 bits per heavy atom. The van der Waals surface area contributed by atoms with Gasteiger partial charge in [0.25, 0.3) is 0 Å². The molecule has 1 atom stereocenters. The first-order chi connectivity index (χ1) is 14.6. The molecule has 4 N–H and O–H groups in total. The Bertz CT molecular complexity index is 558. The van der Waals surface area contributed by atoms with Crippen molar-refractivity contribution in [3.05, 3.63) is 35.9 Å². The lowest BCUT2D eigenvalue weighted by molar-refractivity contribution is 0.0888. The molecular weight excluding hydrogens is 384 g/mol. The van der Waals surface area contributed by atoms with Gasteiger partial charge in [0.2, 0.25) is 0 Å². The van der Waals surface area contributed by atoms with Crippen molar-refractivity contribution < 1.29 is 19.1 Å². The molecule has 0 fully saturated rings. The van der Waals surface area contributed by atoms with E-state index in [0.717, 1.165) is 31.2 Å². The van der Waals surface area contributed by atoms with Crippen LogP contribution in [0.3, 0.4) is 0 Å². The van der Waals surface area contributed by atoms with E-state index in [1.54, 1.807) is 0 Å². The number of nitrogens with zero attached hydrogens (tertiary/aromatic N) is 1. The third-order valence-electron chi connectivity index (χ3n) is 4.67. The van der Waals surface area contributed by atoms with Crippen molar-refractivity contribution >= 4 is 12.2 Å². The minimum atomic E-state index is -0.418. The van der Waals surface area contributed by atoms with Crippen LogP contribution in [0.15, 0.2) is 30.3 Å². The van der Waals surface area contributed by atoms with Crippen molar-refractivity contribution in [1.29, 1.82) is 0 Å². The van der Waals surface area contributed by atoms with Crippen molar-refractivity contribution in [2.45, 2.75) is 45.6 Å². The molecule has 0 bridgehead atoms. The van der Waals surface area contributed by atoms with E-state index >= 15 is 0 Å². The van der Waals surface area contributed by atoms with E-state index in [2.05, 4.69) is 29.4 Å². The van der Waals surface area contributed by atoms with Gasteiger partial charge in [-0.25, -0.2) is 9.59 Å². The number of carbonyl (C=O) groups is 2. The van der Waals surface area contributed by atoms with Crippen molar-refractivity contribution in [2.24, 2.45) is 5.73 Å². The summed E-state index contributed by atoms with van der Waals surface area (Å²) in [5.41, 5.74) is 7.12. The SMILES string of the molecule is CCCCNC(=O)OCCN(CCOC(=O)NCCCC)C(CN)c1ccccc1. The summed E-state index contributed by atoms with van der Waals surface area (Å²) in [7, 11) is 0. The number of nitrogens with two attached hydrogens (primary N) is 1. The zero-order valence-corrected chi connectivity index (χ0v) is 18.4. The summed E-state index contributed by atoms with van der Waals surface area (Å²) in [4.78, 5) is 25.6. The van der Waals surface area contributed by atoms with Crippen LogP contribution in [0.4, 0.5) is 9.59 Å². The molecule has 0 saturated heterocycles. The Morgan fingerprint density at radius 1 is 0.933 bits per heavy atom. The smallest absolute Gasteiger partial charge is 0.407 e. The Hall–Kier alpha value is -2.32. The maximum absolute atomic E-state index is 11.8. The Kier molecular flexibility index (Phi) is 14.1. The number of carbonyl (C=O) groups excluding carboxylic acids is 2. The first kappa shape index (κ1) is 25.7. The third kappa shape index (κ3) is 11.0. The molecule has 0 aliphatic rings. The van der Waals surface area contributed by atoms with Crippen molar-refractivity contribution in [2.75, 3.05) is 45.9 Å². The third-order valence-corrected chi connectivity index (χ3v) is 4.67. The highest BCUT2D eigenvalue weighted by molar-refractivity contribution is 5.67. The predicted octanol–water partition coefficient (Wildman–Crippen LogP) is 3.04.